The van der Waals surface area contributed by atoms with E-state index in [1.54, 1.807) is 24.3 Å². The van der Waals surface area contributed by atoms with Crippen LogP contribution in [0.15, 0.2) is 24.3 Å². The second-order valence-corrected chi connectivity index (χ2v) is 5.99. The molecule has 0 atom stereocenters. The quantitative estimate of drug-likeness (QED) is 0.566. The van der Waals surface area contributed by atoms with Crippen molar-refractivity contribution < 1.29 is 17.9 Å². The highest BCUT2D eigenvalue weighted by Gasteiger charge is 2.11. The normalized spacial score (nSPS) is 11.2. The maximum Gasteiger partial charge on any atom is 0.305 e. The van der Waals surface area contributed by atoms with E-state index in [1.807, 2.05) is 0 Å². The van der Waals surface area contributed by atoms with Crippen LogP contribution in [-0.4, -0.2) is 27.2 Å². The first kappa shape index (κ1) is 15.5. The van der Waals surface area contributed by atoms with Crippen molar-refractivity contribution in [2.45, 2.75) is 19.4 Å². The first-order valence-electron chi connectivity index (χ1n) is 5.81. The smallest absolute Gasteiger partial charge is 0.305 e. The highest BCUT2D eigenvalue weighted by molar-refractivity contribution is 7.89. The number of benzene rings is 1. The molecule has 3 N–H and O–H groups in total. The molecule has 0 aliphatic rings. The molecule has 1 aromatic rings. The summed E-state index contributed by atoms with van der Waals surface area (Å²) in [6, 6.07) is 6.93. The Bertz CT molecular complexity index is 511. The molecule has 0 amide bonds. The van der Waals surface area contributed by atoms with Gasteiger partial charge in [0.1, 0.15) is 0 Å². The molecule has 0 radical (unpaired) electrons. The van der Waals surface area contributed by atoms with Crippen molar-refractivity contribution >= 4 is 21.7 Å². The minimum atomic E-state index is -3.38. The van der Waals surface area contributed by atoms with E-state index in [0.29, 0.717) is 5.69 Å². The molecule has 0 aromatic heterocycles. The van der Waals surface area contributed by atoms with Crippen molar-refractivity contribution in [2.24, 2.45) is 0 Å². The predicted octanol–water partition coefficient (Wildman–Crippen LogP) is 0.641. The summed E-state index contributed by atoms with van der Waals surface area (Å²) in [7, 11) is -2.11. The Morgan fingerprint density at radius 1 is 1.32 bits per heavy atom. The topological polar surface area (TPSA) is 98.5 Å². The Labute approximate surface area is 113 Å². The molecule has 0 fully saturated rings. The molecule has 0 heterocycles. The SMILES string of the molecule is COC(=O)CCCS(=O)(=O)NCc1ccc(N)cc1. The zero-order chi connectivity index (χ0) is 14.3. The van der Waals surface area contributed by atoms with Gasteiger partial charge in [-0.05, 0) is 24.1 Å². The number of carbonyl (C=O) groups excluding carboxylic acids is 1. The molecule has 7 heteroatoms. The molecule has 0 spiro atoms. The molecule has 0 saturated carbocycles. The standard InChI is InChI=1S/C12H18N2O4S/c1-18-12(15)3-2-8-19(16,17)14-9-10-4-6-11(13)7-5-10/h4-7,14H,2-3,8-9,13H2,1H3. The van der Waals surface area contributed by atoms with Crippen molar-refractivity contribution in [2.75, 3.05) is 18.6 Å². The van der Waals surface area contributed by atoms with E-state index in [1.165, 1.54) is 7.11 Å². The molecule has 0 aliphatic carbocycles. The van der Waals surface area contributed by atoms with Gasteiger partial charge in [0.2, 0.25) is 10.0 Å². The van der Waals surface area contributed by atoms with E-state index in [2.05, 4.69) is 9.46 Å². The lowest BCUT2D eigenvalue weighted by atomic mass is 10.2. The van der Waals surface area contributed by atoms with Crippen LogP contribution in [0.5, 0.6) is 0 Å². The van der Waals surface area contributed by atoms with Gasteiger partial charge in [0.15, 0.2) is 0 Å². The lowest BCUT2D eigenvalue weighted by Crippen LogP contribution is -2.26. The molecule has 106 valence electrons. The zero-order valence-corrected chi connectivity index (χ0v) is 11.6. The maximum absolute atomic E-state index is 11.7. The van der Waals surface area contributed by atoms with Crippen molar-refractivity contribution in [3.8, 4) is 0 Å². The van der Waals surface area contributed by atoms with Gasteiger partial charge in [0.05, 0.1) is 12.9 Å². The third-order valence-electron chi connectivity index (χ3n) is 2.50. The summed E-state index contributed by atoms with van der Waals surface area (Å²) < 4.78 is 30.2. The summed E-state index contributed by atoms with van der Waals surface area (Å²) in [6.45, 7) is 0.209. The van der Waals surface area contributed by atoms with Gasteiger partial charge < -0.3 is 10.5 Å². The monoisotopic (exact) mass is 286 g/mol. The largest absolute Gasteiger partial charge is 0.469 e. The van der Waals surface area contributed by atoms with E-state index in [4.69, 9.17) is 5.73 Å². The number of rotatable bonds is 7. The average molecular weight is 286 g/mol. The third kappa shape index (κ3) is 6.21. The predicted molar refractivity (Wildman–Crippen MR) is 72.7 cm³/mol. The van der Waals surface area contributed by atoms with Crippen LogP contribution in [-0.2, 0) is 26.1 Å². The molecule has 1 rings (SSSR count). The van der Waals surface area contributed by atoms with Gasteiger partial charge in [-0.15, -0.1) is 0 Å². The molecule has 0 aliphatic heterocycles. The highest BCUT2D eigenvalue weighted by atomic mass is 32.2. The maximum atomic E-state index is 11.7. The number of hydrogen-bond donors (Lipinski definition) is 2. The van der Waals surface area contributed by atoms with Crippen LogP contribution in [0.25, 0.3) is 0 Å². The fourth-order valence-corrected chi connectivity index (χ4v) is 2.46. The molecular weight excluding hydrogens is 268 g/mol. The van der Waals surface area contributed by atoms with Crippen LogP contribution < -0.4 is 10.5 Å². The Hall–Kier alpha value is -1.60. The molecule has 1 aromatic carbocycles. The number of methoxy groups -OCH3 is 1. The molecular formula is C12H18N2O4S. The first-order valence-corrected chi connectivity index (χ1v) is 7.47. The summed E-state index contributed by atoms with van der Waals surface area (Å²) in [6.07, 6.45) is 0.336. The highest BCUT2D eigenvalue weighted by Crippen LogP contribution is 2.06. The van der Waals surface area contributed by atoms with Gasteiger partial charge in [-0.2, -0.15) is 0 Å². The Morgan fingerprint density at radius 2 is 1.95 bits per heavy atom. The summed E-state index contributed by atoms with van der Waals surface area (Å²) in [5.74, 6) is -0.509. The van der Waals surface area contributed by atoms with E-state index < -0.39 is 16.0 Å². The van der Waals surface area contributed by atoms with Crippen molar-refractivity contribution in [3.05, 3.63) is 29.8 Å². The number of nitrogens with one attached hydrogen (secondary N) is 1. The fraction of sp³-hybridized carbons (Fsp3) is 0.417. The number of esters is 1. The molecule has 6 nitrogen and oxygen atoms in total. The molecule has 0 saturated heterocycles. The lowest BCUT2D eigenvalue weighted by molar-refractivity contribution is -0.140. The second-order valence-electron chi connectivity index (χ2n) is 4.06. The van der Waals surface area contributed by atoms with Crippen LogP contribution >= 0.6 is 0 Å². The molecule has 19 heavy (non-hydrogen) atoms. The van der Waals surface area contributed by atoms with Gasteiger partial charge in [0, 0.05) is 18.7 Å². The third-order valence-corrected chi connectivity index (χ3v) is 3.91. The Morgan fingerprint density at radius 3 is 2.53 bits per heavy atom. The summed E-state index contributed by atoms with van der Waals surface area (Å²) in [5.41, 5.74) is 6.99. The van der Waals surface area contributed by atoms with Crippen LogP contribution in [0.1, 0.15) is 18.4 Å². The number of ether oxygens (including phenoxy) is 1. The van der Waals surface area contributed by atoms with Gasteiger partial charge in [-0.3, -0.25) is 4.79 Å². The minimum absolute atomic E-state index is 0.0965. The van der Waals surface area contributed by atoms with Crippen LogP contribution in [0.4, 0.5) is 5.69 Å². The Balaban J connectivity index is 2.38. The number of anilines is 1. The molecule has 0 bridgehead atoms. The van der Waals surface area contributed by atoms with Gasteiger partial charge in [-0.1, -0.05) is 12.1 Å². The van der Waals surface area contributed by atoms with E-state index in [-0.39, 0.29) is 25.1 Å². The van der Waals surface area contributed by atoms with Crippen molar-refractivity contribution in [1.82, 2.24) is 4.72 Å². The number of nitrogen functional groups attached to an aromatic ring is 1. The van der Waals surface area contributed by atoms with Gasteiger partial charge in [-0.25, -0.2) is 13.1 Å². The molecule has 0 unspecified atom stereocenters. The number of nitrogens with two attached hydrogens (primary N) is 1. The Kier molecular flexibility index (Phi) is 5.78. The summed E-state index contributed by atoms with van der Waals surface area (Å²) in [4.78, 5) is 10.9. The van der Waals surface area contributed by atoms with Gasteiger partial charge >= 0.3 is 5.97 Å². The van der Waals surface area contributed by atoms with E-state index >= 15 is 0 Å². The average Bonchev–Trinajstić information content (AvgIpc) is 2.38. The fourth-order valence-electron chi connectivity index (χ4n) is 1.41. The van der Waals surface area contributed by atoms with E-state index in [9.17, 15) is 13.2 Å². The van der Waals surface area contributed by atoms with Crippen LogP contribution in [0, 0.1) is 0 Å². The lowest BCUT2D eigenvalue weighted by Gasteiger charge is -2.06. The van der Waals surface area contributed by atoms with Crippen molar-refractivity contribution in [1.29, 1.82) is 0 Å². The van der Waals surface area contributed by atoms with E-state index in [0.717, 1.165) is 5.56 Å². The summed E-state index contributed by atoms with van der Waals surface area (Å²) >= 11 is 0. The van der Waals surface area contributed by atoms with Crippen LogP contribution in [0.3, 0.4) is 0 Å². The first-order chi connectivity index (χ1) is 8.93. The zero-order valence-electron chi connectivity index (χ0n) is 10.8. The van der Waals surface area contributed by atoms with Crippen LogP contribution in [0.2, 0.25) is 0 Å². The number of sulfonamides is 1. The number of carbonyl (C=O) groups is 1. The van der Waals surface area contributed by atoms with Gasteiger partial charge in [0.25, 0.3) is 0 Å². The van der Waals surface area contributed by atoms with Crippen molar-refractivity contribution in [3.63, 3.8) is 0 Å². The minimum Gasteiger partial charge on any atom is -0.469 e. The number of hydrogen-bond acceptors (Lipinski definition) is 5. The summed E-state index contributed by atoms with van der Waals surface area (Å²) in [5, 5.41) is 0. The second kappa shape index (κ2) is 7.10.